The van der Waals surface area contributed by atoms with Gasteiger partial charge in [0.05, 0.1) is 12.2 Å². The van der Waals surface area contributed by atoms with Gasteiger partial charge in [-0.1, -0.05) is 12.1 Å². The zero-order valence-corrected chi connectivity index (χ0v) is 15.8. The summed E-state index contributed by atoms with van der Waals surface area (Å²) in [6.07, 6.45) is 2.78. The highest BCUT2D eigenvalue weighted by Crippen LogP contribution is 2.28. The van der Waals surface area contributed by atoms with Crippen LogP contribution < -0.4 is 10.5 Å². The van der Waals surface area contributed by atoms with E-state index in [1.165, 1.54) is 5.56 Å². The van der Waals surface area contributed by atoms with Crippen LogP contribution in [0.15, 0.2) is 36.5 Å². The van der Waals surface area contributed by atoms with Gasteiger partial charge in [-0.05, 0) is 30.2 Å². The summed E-state index contributed by atoms with van der Waals surface area (Å²) in [6.45, 7) is 1.67. The second-order valence-electron chi connectivity index (χ2n) is 6.99. The molecule has 4 aromatic rings. The van der Waals surface area contributed by atoms with Crippen molar-refractivity contribution in [1.82, 2.24) is 29.5 Å². The van der Waals surface area contributed by atoms with Gasteiger partial charge in [0.25, 0.3) is 0 Å². The summed E-state index contributed by atoms with van der Waals surface area (Å²) in [4.78, 5) is 15.9. The Kier molecular flexibility index (Phi) is 4.44. The number of benzene rings is 1. The zero-order chi connectivity index (χ0) is 19.8. The predicted molar refractivity (Wildman–Crippen MR) is 106 cm³/mol. The van der Waals surface area contributed by atoms with Gasteiger partial charge in [-0.2, -0.15) is 4.52 Å². The molecule has 8 nitrogen and oxygen atoms in total. The van der Waals surface area contributed by atoms with Crippen LogP contribution in [-0.2, 0) is 19.5 Å². The molecular weight excluding hydrogens is 373 g/mol. The van der Waals surface area contributed by atoms with E-state index >= 15 is 0 Å². The Balaban J connectivity index is 1.49. The lowest BCUT2D eigenvalue weighted by Gasteiger charge is -2.26. The highest BCUT2D eigenvalue weighted by atomic mass is 19.1. The van der Waals surface area contributed by atoms with Crippen LogP contribution in [0.2, 0.25) is 0 Å². The topological polar surface area (TPSA) is 94.5 Å². The van der Waals surface area contributed by atoms with E-state index < -0.39 is 6.67 Å². The van der Waals surface area contributed by atoms with Crippen LogP contribution in [0.5, 0.6) is 5.75 Å². The van der Waals surface area contributed by atoms with Crippen molar-refractivity contribution in [1.29, 1.82) is 0 Å². The maximum Gasteiger partial charge on any atom is 0.223 e. The van der Waals surface area contributed by atoms with Crippen molar-refractivity contribution in [3.8, 4) is 5.75 Å². The molecule has 0 amide bonds. The van der Waals surface area contributed by atoms with Gasteiger partial charge in [-0.15, -0.1) is 5.10 Å². The number of pyridine rings is 1. The van der Waals surface area contributed by atoms with Gasteiger partial charge in [-0.3, -0.25) is 9.88 Å². The van der Waals surface area contributed by atoms with Crippen LogP contribution in [0.3, 0.4) is 0 Å². The van der Waals surface area contributed by atoms with Gasteiger partial charge in [-0.25, -0.2) is 14.4 Å². The van der Waals surface area contributed by atoms with E-state index in [-0.39, 0.29) is 12.6 Å². The highest BCUT2D eigenvalue weighted by Gasteiger charge is 2.20. The van der Waals surface area contributed by atoms with Crippen LogP contribution >= 0.6 is 0 Å². The summed E-state index contributed by atoms with van der Waals surface area (Å²) in [7, 11) is 0. The molecule has 0 unspecified atom stereocenters. The molecule has 0 saturated heterocycles. The third-order valence-corrected chi connectivity index (χ3v) is 5.09. The molecule has 4 heterocycles. The molecule has 3 aromatic heterocycles. The minimum Gasteiger partial charge on any atom is -0.489 e. The number of anilines is 1. The van der Waals surface area contributed by atoms with Gasteiger partial charge >= 0.3 is 0 Å². The number of nitrogen functional groups attached to an aromatic ring is 1. The van der Waals surface area contributed by atoms with Crippen molar-refractivity contribution >= 4 is 22.5 Å². The molecule has 0 spiro atoms. The molecule has 0 atom stereocenters. The fraction of sp³-hybridized carbons (Fsp3) is 0.300. The Morgan fingerprint density at radius 3 is 3.00 bits per heavy atom. The Bertz CT molecular complexity index is 1190. The molecule has 0 radical (unpaired) electrons. The molecule has 1 aliphatic rings. The van der Waals surface area contributed by atoms with Gasteiger partial charge in [0, 0.05) is 24.7 Å². The summed E-state index contributed by atoms with van der Waals surface area (Å²) in [5.74, 6) is 1.37. The summed E-state index contributed by atoms with van der Waals surface area (Å²) in [6, 6.07) is 9.57. The third kappa shape index (κ3) is 3.23. The first-order chi connectivity index (χ1) is 14.2. The molecular formula is C20H20FN7O. The Labute approximate surface area is 166 Å². The molecule has 29 heavy (non-hydrogen) atoms. The molecule has 0 fully saturated rings. The van der Waals surface area contributed by atoms with E-state index in [1.54, 1.807) is 10.6 Å². The summed E-state index contributed by atoms with van der Waals surface area (Å²) >= 11 is 0. The van der Waals surface area contributed by atoms with Gasteiger partial charge in [0.1, 0.15) is 24.5 Å². The average Bonchev–Trinajstić information content (AvgIpc) is 3.17. The molecule has 5 rings (SSSR count). The number of ether oxygens (including phenoxy) is 1. The van der Waals surface area contributed by atoms with Crippen molar-refractivity contribution < 1.29 is 9.13 Å². The maximum atomic E-state index is 12.5. The van der Waals surface area contributed by atoms with Crippen LogP contribution in [0.4, 0.5) is 10.3 Å². The largest absolute Gasteiger partial charge is 0.489 e. The number of nitrogens with two attached hydrogens (primary N) is 1. The first-order valence-electron chi connectivity index (χ1n) is 9.50. The monoisotopic (exact) mass is 393 g/mol. The van der Waals surface area contributed by atoms with Crippen molar-refractivity contribution in [3.05, 3.63) is 53.6 Å². The second kappa shape index (κ2) is 7.25. The number of aromatic nitrogens is 5. The van der Waals surface area contributed by atoms with Crippen LogP contribution in [0, 0.1) is 0 Å². The number of alkyl halides is 1. The zero-order valence-electron chi connectivity index (χ0n) is 15.8. The highest BCUT2D eigenvalue weighted by molar-refractivity contribution is 5.95. The van der Waals surface area contributed by atoms with E-state index in [0.717, 1.165) is 30.6 Å². The molecule has 0 aliphatic carbocycles. The molecule has 1 aromatic carbocycles. The number of nitrogens with zero attached hydrogens (tertiary/aromatic N) is 6. The lowest BCUT2D eigenvalue weighted by Crippen LogP contribution is -2.31. The second-order valence-corrected chi connectivity index (χ2v) is 6.99. The molecule has 0 bridgehead atoms. The van der Waals surface area contributed by atoms with E-state index in [2.05, 4.69) is 26.0 Å². The SMILES string of the molecule is Nc1nc2c(OCCF)cccc2c2nc(CN3CCc4cccnc4C3)nn12. The number of hydrogen-bond donors (Lipinski definition) is 1. The van der Waals surface area contributed by atoms with E-state index in [4.69, 9.17) is 15.5 Å². The third-order valence-electron chi connectivity index (χ3n) is 5.09. The Morgan fingerprint density at radius 1 is 1.17 bits per heavy atom. The minimum absolute atomic E-state index is 0.0334. The summed E-state index contributed by atoms with van der Waals surface area (Å²) < 4.78 is 19.5. The number of halogens is 1. The van der Waals surface area contributed by atoms with Crippen molar-refractivity contribution in [2.45, 2.75) is 19.5 Å². The number of hydrogen-bond acceptors (Lipinski definition) is 7. The summed E-state index contributed by atoms with van der Waals surface area (Å²) in [5.41, 5.74) is 9.70. The Morgan fingerprint density at radius 2 is 2.10 bits per heavy atom. The van der Waals surface area contributed by atoms with Gasteiger partial charge in [0.2, 0.25) is 5.95 Å². The number of rotatable bonds is 5. The van der Waals surface area contributed by atoms with Gasteiger partial charge < -0.3 is 10.5 Å². The lowest BCUT2D eigenvalue weighted by atomic mass is 10.1. The standard InChI is InChI=1S/C20H20FN7O/c21-7-10-29-16-5-1-4-14-18(16)25-20(22)28-19(14)24-17(26-28)12-27-9-6-13-3-2-8-23-15(13)11-27/h1-5,8H,6-7,9-12H2,(H2,22,25). The fourth-order valence-electron chi connectivity index (χ4n) is 3.75. The lowest BCUT2D eigenvalue weighted by molar-refractivity contribution is 0.236. The first-order valence-corrected chi connectivity index (χ1v) is 9.50. The fourth-order valence-corrected chi connectivity index (χ4v) is 3.75. The van der Waals surface area contributed by atoms with Crippen molar-refractivity contribution in [3.63, 3.8) is 0 Å². The Hall–Kier alpha value is -3.33. The number of para-hydroxylation sites is 1. The quantitative estimate of drug-likeness (QED) is 0.555. The van der Waals surface area contributed by atoms with Crippen molar-refractivity contribution in [2.75, 3.05) is 25.6 Å². The van der Waals surface area contributed by atoms with Gasteiger partial charge in [0.15, 0.2) is 11.5 Å². The van der Waals surface area contributed by atoms with E-state index in [1.807, 2.05) is 24.4 Å². The van der Waals surface area contributed by atoms with E-state index in [9.17, 15) is 4.39 Å². The van der Waals surface area contributed by atoms with E-state index in [0.29, 0.717) is 29.3 Å². The smallest absolute Gasteiger partial charge is 0.223 e. The number of fused-ring (bicyclic) bond motifs is 4. The van der Waals surface area contributed by atoms with Crippen molar-refractivity contribution in [2.24, 2.45) is 0 Å². The molecule has 9 heteroatoms. The summed E-state index contributed by atoms with van der Waals surface area (Å²) in [5, 5.41) is 5.32. The minimum atomic E-state index is -0.572. The predicted octanol–water partition coefficient (Wildman–Crippen LogP) is 2.16. The first kappa shape index (κ1) is 17.7. The normalized spacial score (nSPS) is 14.4. The van der Waals surface area contributed by atoms with Crippen LogP contribution in [-0.4, -0.2) is 49.3 Å². The van der Waals surface area contributed by atoms with Crippen LogP contribution in [0.25, 0.3) is 16.6 Å². The maximum absolute atomic E-state index is 12.5. The molecule has 0 saturated carbocycles. The molecule has 2 N–H and O–H groups in total. The van der Waals surface area contributed by atoms with Crippen LogP contribution in [0.1, 0.15) is 17.1 Å². The average molecular weight is 393 g/mol. The molecule has 148 valence electrons. The molecule has 1 aliphatic heterocycles.